The van der Waals surface area contributed by atoms with Crippen molar-refractivity contribution in [2.24, 2.45) is 0 Å². The number of hydrogen-bond acceptors (Lipinski definition) is 2. The molecule has 0 aliphatic heterocycles. The van der Waals surface area contributed by atoms with Gasteiger partial charge in [0.25, 0.3) is 0 Å². The van der Waals surface area contributed by atoms with Crippen molar-refractivity contribution in [1.82, 2.24) is 0 Å². The van der Waals surface area contributed by atoms with Crippen molar-refractivity contribution >= 4 is 5.97 Å². The largest absolute Gasteiger partial charge is 0.466 e. The molecule has 0 radical (unpaired) electrons. The van der Waals surface area contributed by atoms with Crippen LogP contribution in [0, 0.1) is 23.7 Å². The summed E-state index contributed by atoms with van der Waals surface area (Å²) in [6.07, 6.45) is 6.15. The Morgan fingerprint density at radius 1 is 1.23 bits per heavy atom. The van der Waals surface area contributed by atoms with Gasteiger partial charge >= 0.3 is 5.97 Å². The number of carbonyl (C=O) groups excluding carboxylic acids is 1. The van der Waals surface area contributed by atoms with Crippen molar-refractivity contribution in [1.29, 1.82) is 0 Å². The third-order valence-corrected chi connectivity index (χ3v) is 0.961. The number of methoxy groups -OCH3 is 1. The third kappa shape index (κ3) is 7.97. The molecular formula is C11H10O2. The zero-order valence-electron chi connectivity index (χ0n) is 7.63. The molecule has 0 aromatic carbocycles. The summed E-state index contributed by atoms with van der Waals surface area (Å²) in [5.41, 5.74) is 0. The molecule has 0 aliphatic carbocycles. The summed E-state index contributed by atoms with van der Waals surface area (Å²) >= 11 is 0. The molecule has 0 aromatic heterocycles. The average Bonchev–Trinajstić information content (AvgIpc) is 2.16. The Bertz CT molecular complexity index is 327. The Morgan fingerprint density at radius 2 is 1.85 bits per heavy atom. The van der Waals surface area contributed by atoms with Crippen LogP contribution in [-0.2, 0) is 9.53 Å². The lowest BCUT2D eigenvalue weighted by molar-refractivity contribution is -0.134. The Kier molecular flexibility index (Phi) is 6.96. The molecule has 0 heterocycles. The molecule has 66 valence electrons. The lowest BCUT2D eigenvalue weighted by Crippen LogP contribution is -1.92. The van der Waals surface area contributed by atoms with Crippen molar-refractivity contribution in [2.75, 3.05) is 7.11 Å². The summed E-state index contributed by atoms with van der Waals surface area (Å²) in [7, 11) is 1.31. The SMILES string of the molecule is CC=CC#CC#CC=CC(=O)OC. The molecule has 2 nitrogen and oxygen atoms in total. The maximum Gasteiger partial charge on any atom is 0.331 e. The van der Waals surface area contributed by atoms with Gasteiger partial charge in [-0.1, -0.05) is 17.9 Å². The van der Waals surface area contributed by atoms with Crippen LogP contribution in [0.15, 0.2) is 24.3 Å². The quantitative estimate of drug-likeness (QED) is 0.340. The van der Waals surface area contributed by atoms with Gasteiger partial charge in [0.05, 0.1) is 7.11 Å². The molecule has 0 saturated heterocycles. The molecule has 0 N–H and O–H groups in total. The summed E-state index contributed by atoms with van der Waals surface area (Å²) in [5, 5.41) is 0. The summed E-state index contributed by atoms with van der Waals surface area (Å²) < 4.78 is 4.35. The van der Waals surface area contributed by atoms with Gasteiger partial charge in [0.15, 0.2) is 0 Å². The predicted octanol–water partition coefficient (Wildman–Crippen LogP) is 1.30. The molecule has 0 bridgehead atoms. The van der Waals surface area contributed by atoms with Gasteiger partial charge in [0.2, 0.25) is 0 Å². The van der Waals surface area contributed by atoms with Crippen molar-refractivity contribution in [3.63, 3.8) is 0 Å². The second-order valence-corrected chi connectivity index (χ2v) is 1.90. The van der Waals surface area contributed by atoms with Crippen molar-refractivity contribution in [3.8, 4) is 23.7 Å². The molecule has 0 rings (SSSR count). The molecule has 0 unspecified atom stereocenters. The van der Waals surface area contributed by atoms with Gasteiger partial charge in [-0.15, -0.1) is 0 Å². The number of esters is 1. The molecule has 0 atom stereocenters. The van der Waals surface area contributed by atoms with E-state index in [1.165, 1.54) is 19.3 Å². The number of allylic oxidation sites excluding steroid dienone is 3. The van der Waals surface area contributed by atoms with E-state index in [0.29, 0.717) is 0 Å². The number of hydrogen-bond donors (Lipinski definition) is 0. The summed E-state index contributed by atoms with van der Waals surface area (Å²) in [6.45, 7) is 1.87. The monoisotopic (exact) mass is 174 g/mol. The molecule has 0 aromatic rings. The first-order valence-corrected chi connectivity index (χ1v) is 3.68. The highest BCUT2D eigenvalue weighted by Crippen LogP contribution is 1.75. The van der Waals surface area contributed by atoms with Gasteiger partial charge in [-0.3, -0.25) is 0 Å². The van der Waals surface area contributed by atoms with Crippen LogP contribution in [-0.4, -0.2) is 13.1 Å². The standard InChI is InChI=1S/C11H10O2/c1-3-4-5-6-7-8-9-10-11(12)13-2/h3-4,9-10H,1-2H3. The predicted molar refractivity (Wildman–Crippen MR) is 51.5 cm³/mol. The first kappa shape index (κ1) is 11.1. The second-order valence-electron chi connectivity index (χ2n) is 1.90. The highest BCUT2D eigenvalue weighted by Gasteiger charge is 1.85. The highest BCUT2D eigenvalue weighted by atomic mass is 16.5. The van der Waals surface area contributed by atoms with Crippen molar-refractivity contribution < 1.29 is 9.53 Å². The Hall–Kier alpha value is -1.93. The number of rotatable bonds is 1. The van der Waals surface area contributed by atoms with Gasteiger partial charge in [-0.2, -0.15) is 0 Å². The van der Waals surface area contributed by atoms with E-state index >= 15 is 0 Å². The molecule has 2 heteroatoms. The third-order valence-electron chi connectivity index (χ3n) is 0.961. The maximum atomic E-state index is 10.5. The van der Waals surface area contributed by atoms with Crippen LogP contribution in [0.5, 0.6) is 0 Å². The van der Waals surface area contributed by atoms with Crippen LogP contribution in [0.3, 0.4) is 0 Å². The fourth-order valence-electron chi connectivity index (χ4n) is 0.417. The highest BCUT2D eigenvalue weighted by molar-refractivity contribution is 5.82. The van der Waals surface area contributed by atoms with Gasteiger partial charge in [-0.25, -0.2) is 4.79 Å². The fraction of sp³-hybridized carbons (Fsp3) is 0.182. The van der Waals surface area contributed by atoms with E-state index in [-0.39, 0.29) is 0 Å². The minimum atomic E-state index is -0.421. The van der Waals surface area contributed by atoms with Crippen molar-refractivity contribution in [2.45, 2.75) is 6.92 Å². The van der Waals surface area contributed by atoms with Gasteiger partial charge in [0, 0.05) is 6.08 Å². The number of carbonyl (C=O) groups is 1. The van der Waals surface area contributed by atoms with E-state index in [2.05, 4.69) is 28.4 Å². The average molecular weight is 174 g/mol. The zero-order valence-corrected chi connectivity index (χ0v) is 7.63. The Labute approximate surface area is 78.3 Å². The van der Waals surface area contributed by atoms with E-state index in [9.17, 15) is 4.79 Å². The van der Waals surface area contributed by atoms with E-state index < -0.39 is 5.97 Å². The van der Waals surface area contributed by atoms with Crippen LogP contribution in [0.2, 0.25) is 0 Å². The smallest absolute Gasteiger partial charge is 0.331 e. The van der Waals surface area contributed by atoms with Gasteiger partial charge in [0.1, 0.15) is 0 Å². The summed E-state index contributed by atoms with van der Waals surface area (Å²) in [6, 6.07) is 0. The second kappa shape index (κ2) is 8.17. The number of ether oxygens (including phenoxy) is 1. The van der Waals surface area contributed by atoms with Crippen molar-refractivity contribution in [3.05, 3.63) is 24.3 Å². The molecule has 13 heavy (non-hydrogen) atoms. The van der Waals surface area contributed by atoms with Crippen LogP contribution >= 0.6 is 0 Å². The topological polar surface area (TPSA) is 26.3 Å². The van der Waals surface area contributed by atoms with Crippen LogP contribution < -0.4 is 0 Å². The molecular weight excluding hydrogens is 164 g/mol. The van der Waals surface area contributed by atoms with E-state index in [1.54, 1.807) is 6.08 Å². The first-order valence-electron chi connectivity index (χ1n) is 3.68. The lowest BCUT2D eigenvalue weighted by atomic mass is 10.4. The van der Waals surface area contributed by atoms with E-state index in [4.69, 9.17) is 0 Å². The minimum Gasteiger partial charge on any atom is -0.466 e. The summed E-state index contributed by atoms with van der Waals surface area (Å²) in [4.78, 5) is 10.5. The van der Waals surface area contributed by atoms with E-state index in [1.807, 2.05) is 13.0 Å². The molecule has 0 saturated carbocycles. The molecule has 0 amide bonds. The van der Waals surface area contributed by atoms with Crippen LogP contribution in [0.4, 0.5) is 0 Å². The van der Waals surface area contributed by atoms with E-state index in [0.717, 1.165) is 0 Å². The fourth-order valence-corrected chi connectivity index (χ4v) is 0.417. The lowest BCUT2D eigenvalue weighted by Gasteiger charge is -1.84. The normalized spacial score (nSPS) is 8.77. The molecule has 0 fully saturated rings. The Balaban J connectivity index is 3.95. The molecule has 0 spiro atoms. The minimum absolute atomic E-state index is 0.421. The van der Waals surface area contributed by atoms with Gasteiger partial charge < -0.3 is 4.74 Å². The first-order chi connectivity index (χ1) is 6.31. The van der Waals surface area contributed by atoms with Crippen LogP contribution in [0.1, 0.15) is 6.92 Å². The molecule has 0 aliphatic rings. The van der Waals surface area contributed by atoms with Gasteiger partial charge in [-0.05, 0) is 30.9 Å². The van der Waals surface area contributed by atoms with Crippen LogP contribution in [0.25, 0.3) is 0 Å². The summed E-state index contributed by atoms with van der Waals surface area (Å²) in [5.74, 6) is 9.95. The Morgan fingerprint density at radius 3 is 2.38 bits per heavy atom. The zero-order chi connectivity index (χ0) is 9.94. The maximum absolute atomic E-state index is 10.5.